The molecule has 0 bridgehead atoms. The van der Waals surface area contributed by atoms with E-state index in [2.05, 4.69) is 4.72 Å². The predicted octanol–water partition coefficient (Wildman–Crippen LogP) is 3.70. The van der Waals surface area contributed by atoms with E-state index in [1.807, 2.05) is 4.90 Å². The summed E-state index contributed by atoms with van der Waals surface area (Å²) in [7, 11) is -3.90. The molecule has 4 rings (SSSR count). The molecule has 0 aliphatic carbocycles. The summed E-state index contributed by atoms with van der Waals surface area (Å²) >= 11 is 0. The highest BCUT2D eigenvalue weighted by molar-refractivity contribution is 7.92. The van der Waals surface area contributed by atoms with Crippen LogP contribution in [-0.2, 0) is 26.0 Å². The van der Waals surface area contributed by atoms with Crippen molar-refractivity contribution in [2.45, 2.75) is 49.8 Å². The third-order valence-corrected chi connectivity index (χ3v) is 7.53. The van der Waals surface area contributed by atoms with E-state index in [0.717, 1.165) is 50.4 Å². The summed E-state index contributed by atoms with van der Waals surface area (Å²) in [6.45, 7) is 1.98. The van der Waals surface area contributed by atoms with Crippen LogP contribution < -0.4 is 9.62 Å². The Kier molecular flexibility index (Phi) is 6.97. The zero-order chi connectivity index (χ0) is 23.4. The standard InChI is InChI=1S/C24H28FN3O4S/c25-19-6-5-7-20(17-19)26-33(31,32)21-8-9-22-18(16-21)12-15-28(22)24(30)11-10-23(29)27-13-3-1-2-4-14-27/h5-9,16-17,26H,1-4,10-15H2. The Labute approximate surface area is 193 Å². The maximum absolute atomic E-state index is 13.4. The van der Waals surface area contributed by atoms with Crippen LogP contribution in [-0.4, -0.2) is 44.8 Å². The highest BCUT2D eigenvalue weighted by Crippen LogP contribution is 2.31. The first kappa shape index (κ1) is 23.2. The van der Waals surface area contributed by atoms with Gasteiger partial charge >= 0.3 is 0 Å². The number of fused-ring (bicyclic) bond motifs is 1. The summed E-state index contributed by atoms with van der Waals surface area (Å²) in [5.74, 6) is -0.646. The van der Waals surface area contributed by atoms with Crippen LogP contribution in [0.25, 0.3) is 0 Å². The van der Waals surface area contributed by atoms with Crippen LogP contribution in [0.15, 0.2) is 47.4 Å². The molecular weight excluding hydrogens is 445 g/mol. The van der Waals surface area contributed by atoms with Gasteiger partial charge in [-0.05, 0) is 61.2 Å². The Morgan fingerprint density at radius 2 is 1.64 bits per heavy atom. The van der Waals surface area contributed by atoms with Crippen LogP contribution in [0, 0.1) is 5.82 Å². The summed E-state index contributed by atoms with van der Waals surface area (Å²) in [5.41, 5.74) is 1.57. The first-order valence-electron chi connectivity index (χ1n) is 11.3. The molecule has 2 amide bonds. The number of hydrogen-bond acceptors (Lipinski definition) is 4. The van der Waals surface area contributed by atoms with Gasteiger partial charge < -0.3 is 9.80 Å². The molecular formula is C24H28FN3O4S. The molecule has 2 aromatic carbocycles. The van der Waals surface area contributed by atoms with Crippen molar-refractivity contribution < 1.29 is 22.4 Å². The van der Waals surface area contributed by atoms with Gasteiger partial charge in [0.1, 0.15) is 5.82 Å². The number of benzene rings is 2. The zero-order valence-electron chi connectivity index (χ0n) is 18.4. The summed E-state index contributed by atoms with van der Waals surface area (Å²) in [6, 6.07) is 9.86. The molecule has 2 aromatic rings. The molecule has 1 fully saturated rings. The largest absolute Gasteiger partial charge is 0.343 e. The lowest BCUT2D eigenvalue weighted by molar-refractivity contribution is -0.133. The molecule has 0 atom stereocenters. The van der Waals surface area contributed by atoms with E-state index in [-0.39, 0.29) is 35.2 Å². The minimum Gasteiger partial charge on any atom is -0.343 e. The van der Waals surface area contributed by atoms with E-state index in [9.17, 15) is 22.4 Å². The molecule has 1 saturated heterocycles. The first-order valence-corrected chi connectivity index (χ1v) is 12.8. The van der Waals surface area contributed by atoms with E-state index in [0.29, 0.717) is 18.7 Å². The summed E-state index contributed by atoms with van der Waals surface area (Å²) in [6.07, 6.45) is 5.16. The summed E-state index contributed by atoms with van der Waals surface area (Å²) < 4.78 is 41.2. The van der Waals surface area contributed by atoms with Gasteiger partial charge in [0.25, 0.3) is 10.0 Å². The minimum absolute atomic E-state index is 0.0227. The molecule has 0 unspecified atom stereocenters. The van der Waals surface area contributed by atoms with Crippen molar-refractivity contribution in [1.82, 2.24) is 4.90 Å². The normalized spacial score (nSPS) is 16.3. The van der Waals surface area contributed by atoms with Crippen molar-refractivity contribution in [3.63, 3.8) is 0 Å². The second-order valence-corrected chi connectivity index (χ2v) is 10.2. The Bertz CT molecular complexity index is 1140. The predicted molar refractivity (Wildman–Crippen MR) is 124 cm³/mol. The number of carbonyl (C=O) groups excluding carboxylic acids is 2. The maximum atomic E-state index is 13.4. The van der Waals surface area contributed by atoms with Crippen molar-refractivity contribution in [3.8, 4) is 0 Å². The number of amides is 2. The summed E-state index contributed by atoms with van der Waals surface area (Å²) in [5, 5.41) is 0. The van der Waals surface area contributed by atoms with Gasteiger partial charge in [0.15, 0.2) is 0 Å². The monoisotopic (exact) mass is 473 g/mol. The lowest BCUT2D eigenvalue weighted by Gasteiger charge is -2.21. The number of carbonyl (C=O) groups is 2. The second kappa shape index (κ2) is 9.91. The molecule has 2 aliphatic heterocycles. The molecule has 0 saturated carbocycles. The van der Waals surface area contributed by atoms with Crippen molar-refractivity contribution >= 4 is 33.2 Å². The van der Waals surface area contributed by atoms with Crippen LogP contribution in [0.5, 0.6) is 0 Å². The van der Waals surface area contributed by atoms with Crippen LogP contribution >= 0.6 is 0 Å². The van der Waals surface area contributed by atoms with Gasteiger partial charge in [-0.2, -0.15) is 0 Å². The quantitative estimate of drug-likeness (QED) is 0.693. The van der Waals surface area contributed by atoms with Crippen molar-refractivity contribution in [3.05, 3.63) is 53.8 Å². The van der Waals surface area contributed by atoms with Crippen LogP contribution in [0.3, 0.4) is 0 Å². The summed E-state index contributed by atoms with van der Waals surface area (Å²) in [4.78, 5) is 28.8. The fraction of sp³-hybridized carbons (Fsp3) is 0.417. The van der Waals surface area contributed by atoms with E-state index in [1.165, 1.54) is 24.3 Å². The van der Waals surface area contributed by atoms with Crippen LogP contribution in [0.4, 0.5) is 15.8 Å². The third-order valence-electron chi connectivity index (χ3n) is 6.15. The average molecular weight is 474 g/mol. The van der Waals surface area contributed by atoms with E-state index >= 15 is 0 Å². The molecule has 2 heterocycles. The van der Waals surface area contributed by atoms with Crippen molar-refractivity contribution in [2.75, 3.05) is 29.3 Å². The molecule has 2 aliphatic rings. The zero-order valence-corrected chi connectivity index (χ0v) is 19.2. The highest BCUT2D eigenvalue weighted by atomic mass is 32.2. The average Bonchev–Trinajstić information content (AvgIpc) is 3.01. The topological polar surface area (TPSA) is 86.8 Å². The Morgan fingerprint density at radius 3 is 2.36 bits per heavy atom. The smallest absolute Gasteiger partial charge is 0.261 e. The number of halogens is 1. The third kappa shape index (κ3) is 5.52. The fourth-order valence-corrected chi connectivity index (χ4v) is 5.50. The number of rotatable bonds is 6. The van der Waals surface area contributed by atoms with Gasteiger partial charge in [0, 0.05) is 38.2 Å². The molecule has 33 heavy (non-hydrogen) atoms. The van der Waals surface area contributed by atoms with Crippen molar-refractivity contribution in [1.29, 1.82) is 0 Å². The molecule has 176 valence electrons. The molecule has 0 radical (unpaired) electrons. The number of nitrogens with one attached hydrogen (secondary N) is 1. The van der Waals surface area contributed by atoms with Gasteiger partial charge in [-0.3, -0.25) is 14.3 Å². The Hall–Kier alpha value is -2.94. The molecule has 0 aromatic heterocycles. The second-order valence-electron chi connectivity index (χ2n) is 8.50. The van der Waals surface area contributed by atoms with E-state index in [1.54, 1.807) is 17.0 Å². The van der Waals surface area contributed by atoms with Gasteiger partial charge in [0.05, 0.1) is 10.6 Å². The van der Waals surface area contributed by atoms with E-state index < -0.39 is 15.8 Å². The lowest BCUT2D eigenvalue weighted by atomic mass is 10.2. The molecule has 0 spiro atoms. The van der Waals surface area contributed by atoms with Gasteiger partial charge in [0.2, 0.25) is 11.8 Å². The number of sulfonamides is 1. The van der Waals surface area contributed by atoms with Gasteiger partial charge in [-0.15, -0.1) is 0 Å². The first-order chi connectivity index (χ1) is 15.8. The fourth-order valence-electron chi connectivity index (χ4n) is 4.40. The number of nitrogens with zero attached hydrogens (tertiary/aromatic N) is 2. The lowest BCUT2D eigenvalue weighted by Crippen LogP contribution is -2.34. The molecule has 1 N–H and O–H groups in total. The number of hydrogen-bond donors (Lipinski definition) is 1. The Balaban J connectivity index is 1.40. The highest BCUT2D eigenvalue weighted by Gasteiger charge is 2.27. The van der Waals surface area contributed by atoms with Crippen LogP contribution in [0.1, 0.15) is 44.1 Å². The number of likely N-dealkylation sites (tertiary alicyclic amines) is 1. The minimum atomic E-state index is -3.90. The number of anilines is 2. The van der Waals surface area contributed by atoms with Gasteiger partial charge in [-0.25, -0.2) is 12.8 Å². The van der Waals surface area contributed by atoms with Crippen LogP contribution in [0.2, 0.25) is 0 Å². The maximum Gasteiger partial charge on any atom is 0.261 e. The molecule has 9 heteroatoms. The SMILES string of the molecule is O=C(CCC(=O)N1CCc2cc(S(=O)(=O)Nc3cccc(F)c3)ccc21)N1CCCCCC1. The Morgan fingerprint density at radius 1 is 0.909 bits per heavy atom. The molecule has 7 nitrogen and oxygen atoms in total. The van der Waals surface area contributed by atoms with Crippen molar-refractivity contribution in [2.24, 2.45) is 0 Å². The van der Waals surface area contributed by atoms with E-state index in [4.69, 9.17) is 0 Å². The van der Waals surface area contributed by atoms with Gasteiger partial charge in [-0.1, -0.05) is 18.9 Å².